The van der Waals surface area contributed by atoms with E-state index in [1.807, 2.05) is 37.3 Å². The molecule has 0 spiro atoms. The molecular weight excluding hydrogens is 404 g/mol. The third-order valence-electron chi connectivity index (χ3n) is 5.64. The number of aromatic nitrogens is 1. The summed E-state index contributed by atoms with van der Waals surface area (Å²) in [5.74, 6) is -0.138. The van der Waals surface area contributed by atoms with Crippen LogP contribution >= 0.6 is 0 Å². The lowest BCUT2D eigenvalue weighted by Crippen LogP contribution is -2.26. The summed E-state index contributed by atoms with van der Waals surface area (Å²) in [6.45, 7) is 4.70. The average Bonchev–Trinajstić information content (AvgIpc) is 3.61. The van der Waals surface area contributed by atoms with Gasteiger partial charge in [-0.05, 0) is 67.5 Å². The van der Waals surface area contributed by atoms with Crippen LogP contribution in [0.15, 0.2) is 54.6 Å². The summed E-state index contributed by atoms with van der Waals surface area (Å²) in [4.78, 5) is 28.8. The number of hydrogen-bond acceptors (Lipinski definition) is 4. The van der Waals surface area contributed by atoms with Crippen LogP contribution in [-0.4, -0.2) is 28.5 Å². The number of aryl methyl sites for hydroxylation is 2. The molecule has 0 saturated heterocycles. The number of ether oxygens (including phenoxy) is 1. The van der Waals surface area contributed by atoms with E-state index in [0.29, 0.717) is 47.3 Å². The maximum Gasteiger partial charge on any atom is 0.336 e. The SMILES string of the molecule is Cc1cc(-c2ccc(C(=O)NCC3CC3)nc2C)c(C(=O)O)cc1OCc1ccccc1. The molecule has 1 heterocycles. The maximum atomic E-state index is 12.4. The van der Waals surface area contributed by atoms with Crippen LogP contribution in [0.5, 0.6) is 5.75 Å². The molecule has 1 aromatic heterocycles. The minimum Gasteiger partial charge on any atom is -0.489 e. The van der Waals surface area contributed by atoms with Gasteiger partial charge < -0.3 is 15.2 Å². The number of amides is 1. The van der Waals surface area contributed by atoms with Gasteiger partial charge in [-0.15, -0.1) is 0 Å². The summed E-state index contributed by atoms with van der Waals surface area (Å²) in [7, 11) is 0. The summed E-state index contributed by atoms with van der Waals surface area (Å²) < 4.78 is 5.90. The van der Waals surface area contributed by atoms with E-state index < -0.39 is 5.97 Å². The van der Waals surface area contributed by atoms with Crippen molar-refractivity contribution in [1.82, 2.24) is 10.3 Å². The van der Waals surface area contributed by atoms with Crippen LogP contribution in [0.25, 0.3) is 11.1 Å². The Morgan fingerprint density at radius 2 is 1.81 bits per heavy atom. The van der Waals surface area contributed by atoms with Crippen molar-refractivity contribution in [3.63, 3.8) is 0 Å². The fourth-order valence-electron chi connectivity index (χ4n) is 3.60. The topological polar surface area (TPSA) is 88.5 Å². The second kappa shape index (κ2) is 9.22. The second-order valence-electron chi connectivity index (χ2n) is 8.23. The fraction of sp³-hybridized carbons (Fsp3) is 0.269. The standard InChI is InChI=1S/C26H26N2O4/c1-16-12-21(20-10-11-23(28-17(20)2)25(29)27-14-18-8-9-18)22(26(30)31)13-24(16)32-15-19-6-4-3-5-7-19/h3-7,10-13,18H,8-9,14-15H2,1-2H3,(H,27,29)(H,30,31). The Bertz CT molecular complexity index is 1150. The molecule has 32 heavy (non-hydrogen) atoms. The van der Waals surface area contributed by atoms with Crippen molar-refractivity contribution in [2.24, 2.45) is 5.92 Å². The maximum absolute atomic E-state index is 12.4. The van der Waals surface area contributed by atoms with Gasteiger partial charge in [0.1, 0.15) is 18.1 Å². The van der Waals surface area contributed by atoms with Gasteiger partial charge in [0.25, 0.3) is 5.91 Å². The van der Waals surface area contributed by atoms with E-state index >= 15 is 0 Å². The lowest BCUT2D eigenvalue weighted by molar-refractivity contribution is 0.0697. The highest BCUT2D eigenvalue weighted by Crippen LogP contribution is 2.33. The first kappa shape index (κ1) is 21.6. The molecule has 0 aliphatic heterocycles. The molecule has 0 unspecified atom stereocenters. The number of carboxylic acids is 1. The predicted octanol–water partition coefficient (Wildman–Crippen LogP) is 4.78. The number of aromatic carboxylic acids is 1. The van der Waals surface area contributed by atoms with Crippen molar-refractivity contribution in [3.05, 3.63) is 82.7 Å². The highest BCUT2D eigenvalue weighted by atomic mass is 16.5. The first-order valence-corrected chi connectivity index (χ1v) is 10.7. The fourth-order valence-corrected chi connectivity index (χ4v) is 3.60. The number of carbonyl (C=O) groups excluding carboxylic acids is 1. The van der Waals surface area contributed by atoms with Gasteiger partial charge in [-0.2, -0.15) is 0 Å². The highest BCUT2D eigenvalue weighted by molar-refractivity contribution is 5.98. The van der Waals surface area contributed by atoms with Crippen molar-refractivity contribution in [2.75, 3.05) is 6.54 Å². The predicted molar refractivity (Wildman–Crippen MR) is 122 cm³/mol. The first-order valence-electron chi connectivity index (χ1n) is 10.7. The molecule has 3 aromatic rings. The van der Waals surface area contributed by atoms with Gasteiger partial charge in [-0.1, -0.05) is 36.4 Å². The Morgan fingerprint density at radius 3 is 2.47 bits per heavy atom. The molecule has 6 nitrogen and oxygen atoms in total. The van der Waals surface area contributed by atoms with Gasteiger partial charge >= 0.3 is 5.97 Å². The van der Waals surface area contributed by atoms with E-state index in [1.165, 1.54) is 0 Å². The monoisotopic (exact) mass is 430 g/mol. The van der Waals surface area contributed by atoms with Gasteiger partial charge in [-0.25, -0.2) is 9.78 Å². The van der Waals surface area contributed by atoms with Crippen molar-refractivity contribution < 1.29 is 19.4 Å². The van der Waals surface area contributed by atoms with E-state index in [-0.39, 0.29) is 11.5 Å². The number of pyridine rings is 1. The van der Waals surface area contributed by atoms with Gasteiger partial charge in [0.05, 0.1) is 5.56 Å². The molecule has 0 atom stereocenters. The molecule has 0 bridgehead atoms. The molecule has 2 N–H and O–H groups in total. The molecule has 1 fully saturated rings. The normalized spacial score (nSPS) is 12.9. The number of carbonyl (C=O) groups is 2. The highest BCUT2D eigenvalue weighted by Gasteiger charge is 2.23. The molecule has 0 radical (unpaired) electrons. The molecule has 1 amide bonds. The Kier molecular flexibility index (Phi) is 6.21. The Labute approximate surface area is 187 Å². The molecule has 1 aliphatic carbocycles. The van der Waals surface area contributed by atoms with Gasteiger partial charge in [0.15, 0.2) is 0 Å². The smallest absolute Gasteiger partial charge is 0.336 e. The minimum absolute atomic E-state index is 0.134. The molecule has 164 valence electrons. The lowest BCUT2D eigenvalue weighted by atomic mass is 9.95. The van der Waals surface area contributed by atoms with Gasteiger partial charge in [0.2, 0.25) is 0 Å². The first-order chi connectivity index (χ1) is 15.4. The van der Waals surface area contributed by atoms with Crippen molar-refractivity contribution in [2.45, 2.75) is 33.3 Å². The zero-order valence-electron chi connectivity index (χ0n) is 18.2. The number of nitrogens with one attached hydrogen (secondary N) is 1. The second-order valence-corrected chi connectivity index (χ2v) is 8.23. The number of nitrogens with zero attached hydrogens (tertiary/aromatic N) is 1. The largest absolute Gasteiger partial charge is 0.489 e. The number of hydrogen-bond donors (Lipinski definition) is 2. The zero-order valence-corrected chi connectivity index (χ0v) is 18.2. The molecular formula is C26H26N2O4. The lowest BCUT2D eigenvalue weighted by Gasteiger charge is -2.15. The molecule has 2 aromatic carbocycles. The van der Waals surface area contributed by atoms with Crippen LogP contribution in [0.3, 0.4) is 0 Å². The van der Waals surface area contributed by atoms with Crippen LogP contribution in [0.1, 0.15) is 50.5 Å². The summed E-state index contributed by atoms with van der Waals surface area (Å²) in [5.41, 5.74) is 4.13. The summed E-state index contributed by atoms with van der Waals surface area (Å²) >= 11 is 0. The summed E-state index contributed by atoms with van der Waals surface area (Å²) in [5, 5.41) is 12.8. The van der Waals surface area contributed by atoms with E-state index in [0.717, 1.165) is 24.0 Å². The third-order valence-corrected chi connectivity index (χ3v) is 5.64. The number of benzene rings is 2. The Morgan fingerprint density at radius 1 is 1.06 bits per heavy atom. The number of carboxylic acid groups (broad SMARTS) is 1. The van der Waals surface area contributed by atoms with E-state index in [2.05, 4.69) is 10.3 Å². The quantitative estimate of drug-likeness (QED) is 0.537. The van der Waals surface area contributed by atoms with Crippen molar-refractivity contribution in [3.8, 4) is 16.9 Å². The molecule has 4 rings (SSSR count). The van der Waals surface area contributed by atoms with Crippen molar-refractivity contribution in [1.29, 1.82) is 0 Å². The van der Waals surface area contributed by atoms with Crippen LogP contribution in [0, 0.1) is 19.8 Å². The molecule has 6 heteroatoms. The van der Waals surface area contributed by atoms with E-state index in [9.17, 15) is 14.7 Å². The van der Waals surface area contributed by atoms with Gasteiger partial charge in [0, 0.05) is 17.8 Å². The number of rotatable bonds is 8. The summed E-state index contributed by atoms with van der Waals surface area (Å²) in [6, 6.07) is 16.5. The van der Waals surface area contributed by atoms with Crippen molar-refractivity contribution >= 4 is 11.9 Å². The van der Waals surface area contributed by atoms with Crippen LogP contribution in [-0.2, 0) is 6.61 Å². The van der Waals surface area contributed by atoms with Crippen LogP contribution in [0.2, 0.25) is 0 Å². The Hall–Kier alpha value is -3.67. The third kappa shape index (κ3) is 4.97. The average molecular weight is 431 g/mol. The molecule has 1 saturated carbocycles. The Balaban J connectivity index is 1.60. The van der Waals surface area contributed by atoms with Crippen LogP contribution < -0.4 is 10.1 Å². The summed E-state index contributed by atoms with van der Waals surface area (Å²) in [6.07, 6.45) is 2.32. The van der Waals surface area contributed by atoms with E-state index in [4.69, 9.17) is 4.74 Å². The van der Waals surface area contributed by atoms with Gasteiger partial charge in [-0.3, -0.25) is 4.79 Å². The van der Waals surface area contributed by atoms with E-state index in [1.54, 1.807) is 31.2 Å². The molecule has 1 aliphatic rings. The van der Waals surface area contributed by atoms with Crippen LogP contribution in [0.4, 0.5) is 0 Å². The zero-order chi connectivity index (χ0) is 22.7. The minimum atomic E-state index is -1.05.